The Morgan fingerprint density at radius 3 is 2.85 bits per heavy atom. The molecule has 1 N–H and O–H groups in total. The summed E-state index contributed by atoms with van der Waals surface area (Å²) in [5.74, 6) is -1.04. The number of rotatable bonds is 4. The summed E-state index contributed by atoms with van der Waals surface area (Å²) in [7, 11) is 0. The first-order valence-corrected chi connectivity index (χ1v) is 6.60. The van der Waals surface area contributed by atoms with E-state index in [0.29, 0.717) is 17.3 Å². The molecule has 0 spiro atoms. The van der Waals surface area contributed by atoms with Crippen LogP contribution in [0.4, 0.5) is 5.69 Å². The first-order valence-electron chi connectivity index (χ1n) is 5.81. The van der Waals surface area contributed by atoms with Crippen LogP contribution in [0.2, 0.25) is 0 Å². The van der Waals surface area contributed by atoms with Crippen LogP contribution in [-0.2, 0) is 16.1 Å². The van der Waals surface area contributed by atoms with E-state index in [1.54, 1.807) is 0 Å². The van der Waals surface area contributed by atoms with Gasteiger partial charge in [-0.1, -0.05) is 0 Å². The Kier molecular flexibility index (Phi) is 4.19. The summed E-state index contributed by atoms with van der Waals surface area (Å²) in [5.41, 5.74) is -1.27. The maximum atomic E-state index is 11.9. The van der Waals surface area contributed by atoms with E-state index < -0.39 is 34.3 Å². The molecule has 2 rings (SSSR count). The second-order valence-corrected chi connectivity index (χ2v) is 5.34. The molecule has 20 heavy (non-hydrogen) atoms. The molecule has 1 aromatic heterocycles. The zero-order valence-electron chi connectivity index (χ0n) is 10.2. The molecule has 0 aromatic carbocycles. The third-order valence-corrected chi connectivity index (χ3v) is 3.45. The first kappa shape index (κ1) is 14.7. The highest BCUT2D eigenvalue weighted by molar-refractivity contribution is 9.10. The van der Waals surface area contributed by atoms with Crippen LogP contribution in [0.25, 0.3) is 0 Å². The van der Waals surface area contributed by atoms with Crippen molar-refractivity contribution < 1.29 is 19.6 Å². The number of aliphatic carboxylic acids is 1. The van der Waals surface area contributed by atoms with Gasteiger partial charge in [-0.15, -0.1) is 0 Å². The van der Waals surface area contributed by atoms with Gasteiger partial charge in [0.05, 0.1) is 17.6 Å². The first-order chi connectivity index (χ1) is 9.38. The second kappa shape index (κ2) is 5.71. The lowest BCUT2D eigenvalue weighted by atomic mass is 10.2. The molecule has 1 aliphatic rings. The van der Waals surface area contributed by atoms with E-state index >= 15 is 0 Å². The number of carboxylic acid groups (broad SMARTS) is 1. The zero-order chi connectivity index (χ0) is 14.9. The van der Waals surface area contributed by atoms with Gasteiger partial charge < -0.3 is 14.4 Å². The van der Waals surface area contributed by atoms with Crippen LogP contribution in [0.15, 0.2) is 21.5 Å². The summed E-state index contributed by atoms with van der Waals surface area (Å²) in [4.78, 5) is 32.7. The van der Waals surface area contributed by atoms with Crippen LogP contribution in [0.3, 0.4) is 0 Å². The Morgan fingerprint density at radius 2 is 2.30 bits per heavy atom. The molecular formula is C11H11BrN2O6. The van der Waals surface area contributed by atoms with Gasteiger partial charge in [0.25, 0.3) is 0 Å². The fourth-order valence-electron chi connectivity index (χ4n) is 2.09. The quantitative estimate of drug-likeness (QED) is 0.646. The van der Waals surface area contributed by atoms with Crippen molar-refractivity contribution in [2.45, 2.75) is 31.6 Å². The predicted molar refractivity (Wildman–Crippen MR) is 70.6 cm³/mol. The normalized spacial score (nSPS) is 21.9. The highest BCUT2D eigenvalue weighted by Gasteiger charge is 2.31. The van der Waals surface area contributed by atoms with Crippen molar-refractivity contribution in [2.24, 2.45) is 0 Å². The standard InChI is InChI=1S/C11H11BrN2O6/c12-6-3-8(14(18)19)10(15)13(4-6)5-7-1-2-9(20-7)11(16)17/h3-4,7,9H,1-2,5H2,(H,16,17). The molecule has 0 saturated carbocycles. The smallest absolute Gasteiger partial charge is 0.335 e. The fourth-order valence-corrected chi connectivity index (χ4v) is 2.56. The monoisotopic (exact) mass is 346 g/mol. The molecule has 108 valence electrons. The minimum atomic E-state index is -1.04. The molecule has 2 unspecified atom stereocenters. The van der Waals surface area contributed by atoms with Crippen molar-refractivity contribution in [3.8, 4) is 0 Å². The molecular weight excluding hydrogens is 336 g/mol. The predicted octanol–water partition coefficient (Wildman–Crippen LogP) is 1.15. The lowest BCUT2D eigenvalue weighted by molar-refractivity contribution is -0.386. The van der Waals surface area contributed by atoms with Crippen molar-refractivity contribution in [2.75, 3.05) is 0 Å². The highest BCUT2D eigenvalue weighted by atomic mass is 79.9. The van der Waals surface area contributed by atoms with Gasteiger partial charge in [-0.3, -0.25) is 14.9 Å². The number of carboxylic acids is 1. The van der Waals surface area contributed by atoms with E-state index in [1.165, 1.54) is 6.20 Å². The summed E-state index contributed by atoms with van der Waals surface area (Å²) in [6, 6.07) is 1.13. The number of nitrogens with zero attached hydrogens (tertiary/aromatic N) is 2. The van der Waals surface area contributed by atoms with Crippen molar-refractivity contribution in [1.29, 1.82) is 0 Å². The minimum absolute atomic E-state index is 0.0862. The lowest BCUT2D eigenvalue weighted by Gasteiger charge is -2.13. The largest absolute Gasteiger partial charge is 0.479 e. The number of nitro groups is 1. The molecule has 8 nitrogen and oxygen atoms in total. The molecule has 1 fully saturated rings. The maximum Gasteiger partial charge on any atom is 0.335 e. The number of halogens is 1. The summed E-state index contributed by atoms with van der Waals surface area (Å²) in [5, 5.41) is 19.6. The molecule has 0 radical (unpaired) electrons. The molecule has 2 heterocycles. The van der Waals surface area contributed by atoms with Gasteiger partial charge in [0, 0.05) is 16.7 Å². The zero-order valence-corrected chi connectivity index (χ0v) is 11.8. The third kappa shape index (κ3) is 3.05. The summed E-state index contributed by atoms with van der Waals surface area (Å²) in [6.07, 6.45) is 0.960. The third-order valence-electron chi connectivity index (χ3n) is 3.01. The van der Waals surface area contributed by atoms with Crippen molar-refractivity contribution in [3.63, 3.8) is 0 Å². The number of carbonyl (C=O) groups is 1. The van der Waals surface area contributed by atoms with Crippen LogP contribution in [0, 0.1) is 10.1 Å². The number of aromatic nitrogens is 1. The molecule has 1 saturated heterocycles. The lowest BCUT2D eigenvalue weighted by Crippen LogP contribution is -2.29. The molecule has 1 aliphatic heterocycles. The van der Waals surface area contributed by atoms with Gasteiger partial charge in [0.15, 0.2) is 6.10 Å². The van der Waals surface area contributed by atoms with Crippen LogP contribution < -0.4 is 5.56 Å². The summed E-state index contributed by atoms with van der Waals surface area (Å²) >= 11 is 3.10. The summed E-state index contributed by atoms with van der Waals surface area (Å²) in [6.45, 7) is 0.0862. The van der Waals surface area contributed by atoms with Crippen molar-refractivity contribution in [1.82, 2.24) is 4.57 Å². The molecule has 1 aromatic rings. The van der Waals surface area contributed by atoms with Gasteiger partial charge in [-0.25, -0.2) is 4.79 Å². The average Bonchev–Trinajstić information content (AvgIpc) is 2.81. The molecule has 0 amide bonds. The maximum absolute atomic E-state index is 11.9. The Balaban J connectivity index is 2.20. The van der Waals surface area contributed by atoms with Crippen molar-refractivity contribution >= 4 is 27.6 Å². The van der Waals surface area contributed by atoms with Gasteiger partial charge >= 0.3 is 17.2 Å². The number of pyridine rings is 1. The van der Waals surface area contributed by atoms with E-state index in [1.807, 2.05) is 0 Å². The molecule has 0 bridgehead atoms. The van der Waals surface area contributed by atoms with Crippen LogP contribution >= 0.6 is 15.9 Å². The Hall–Kier alpha value is -1.74. The van der Waals surface area contributed by atoms with E-state index in [9.17, 15) is 19.7 Å². The molecule has 9 heteroatoms. The van der Waals surface area contributed by atoms with Crippen LogP contribution in [0.5, 0.6) is 0 Å². The van der Waals surface area contributed by atoms with E-state index in [-0.39, 0.29) is 6.54 Å². The fraction of sp³-hybridized carbons (Fsp3) is 0.455. The number of hydrogen-bond acceptors (Lipinski definition) is 5. The SMILES string of the molecule is O=C(O)C1CCC(Cn2cc(Br)cc([N+](=O)[O-])c2=O)O1. The topological polar surface area (TPSA) is 112 Å². The Labute approximate surface area is 121 Å². The highest BCUT2D eigenvalue weighted by Crippen LogP contribution is 2.22. The molecule has 0 aliphatic carbocycles. The van der Waals surface area contributed by atoms with E-state index in [4.69, 9.17) is 9.84 Å². The Morgan fingerprint density at radius 1 is 1.60 bits per heavy atom. The number of hydrogen-bond donors (Lipinski definition) is 1. The van der Waals surface area contributed by atoms with Crippen LogP contribution in [-0.4, -0.2) is 32.8 Å². The summed E-state index contributed by atoms with van der Waals surface area (Å²) < 4.78 is 6.84. The van der Waals surface area contributed by atoms with Crippen LogP contribution in [0.1, 0.15) is 12.8 Å². The average molecular weight is 347 g/mol. The van der Waals surface area contributed by atoms with E-state index in [0.717, 1.165) is 10.6 Å². The van der Waals surface area contributed by atoms with Gasteiger partial charge in [-0.2, -0.15) is 0 Å². The van der Waals surface area contributed by atoms with Gasteiger partial charge in [0.1, 0.15) is 0 Å². The number of ether oxygens (including phenoxy) is 1. The second-order valence-electron chi connectivity index (χ2n) is 4.42. The van der Waals surface area contributed by atoms with Gasteiger partial charge in [0.2, 0.25) is 0 Å². The van der Waals surface area contributed by atoms with E-state index in [2.05, 4.69) is 15.9 Å². The minimum Gasteiger partial charge on any atom is -0.479 e. The molecule has 2 atom stereocenters. The van der Waals surface area contributed by atoms with Crippen molar-refractivity contribution in [3.05, 3.63) is 37.2 Å². The van der Waals surface area contributed by atoms with Gasteiger partial charge in [-0.05, 0) is 28.8 Å². The Bertz CT molecular complexity index is 613.